The van der Waals surface area contributed by atoms with E-state index in [1.165, 1.54) is 6.07 Å². The smallest absolute Gasteiger partial charge is 0.133 e. The SMILES string of the molecule is Cc1cc2cc(Br)cc(F)c2cn1. The molecule has 0 amide bonds. The average Bonchev–Trinajstić information content (AvgIpc) is 2.02. The molecular formula is C10H7BrFN. The van der Waals surface area contributed by atoms with Crippen LogP contribution in [0.2, 0.25) is 0 Å². The van der Waals surface area contributed by atoms with Crippen LogP contribution in [0.3, 0.4) is 0 Å². The highest BCUT2D eigenvalue weighted by Gasteiger charge is 2.02. The molecule has 66 valence electrons. The first kappa shape index (κ1) is 8.63. The number of halogens is 2. The van der Waals surface area contributed by atoms with Crippen molar-refractivity contribution in [3.63, 3.8) is 0 Å². The Morgan fingerprint density at radius 1 is 1.31 bits per heavy atom. The lowest BCUT2D eigenvalue weighted by Gasteiger charge is -2.00. The van der Waals surface area contributed by atoms with Crippen molar-refractivity contribution in [3.8, 4) is 0 Å². The largest absolute Gasteiger partial charge is 0.261 e. The molecule has 0 aliphatic carbocycles. The molecule has 0 spiro atoms. The second kappa shape index (κ2) is 3.07. The minimum atomic E-state index is -0.239. The molecule has 1 aromatic heterocycles. The predicted octanol–water partition coefficient (Wildman–Crippen LogP) is 3.44. The molecule has 0 unspecified atom stereocenters. The number of hydrogen-bond acceptors (Lipinski definition) is 1. The molecule has 0 radical (unpaired) electrons. The fourth-order valence-electron chi connectivity index (χ4n) is 1.29. The van der Waals surface area contributed by atoms with Gasteiger partial charge in [0.15, 0.2) is 0 Å². The quantitative estimate of drug-likeness (QED) is 0.687. The van der Waals surface area contributed by atoms with Crippen LogP contribution in [0.1, 0.15) is 5.69 Å². The summed E-state index contributed by atoms with van der Waals surface area (Å²) in [6.45, 7) is 1.89. The molecule has 0 saturated heterocycles. The van der Waals surface area contributed by atoms with Crippen LogP contribution in [-0.4, -0.2) is 4.98 Å². The maximum absolute atomic E-state index is 13.3. The van der Waals surface area contributed by atoms with Gasteiger partial charge in [0.1, 0.15) is 5.82 Å². The Hall–Kier alpha value is -0.960. The minimum Gasteiger partial charge on any atom is -0.261 e. The second-order valence-electron chi connectivity index (χ2n) is 2.93. The van der Waals surface area contributed by atoms with Gasteiger partial charge in [0.2, 0.25) is 0 Å². The molecule has 2 aromatic rings. The normalized spacial score (nSPS) is 10.7. The van der Waals surface area contributed by atoms with Gasteiger partial charge < -0.3 is 0 Å². The van der Waals surface area contributed by atoms with Crippen molar-refractivity contribution >= 4 is 26.7 Å². The topological polar surface area (TPSA) is 12.9 Å². The summed E-state index contributed by atoms with van der Waals surface area (Å²) in [7, 11) is 0. The van der Waals surface area contributed by atoms with Crippen LogP contribution in [0.5, 0.6) is 0 Å². The van der Waals surface area contributed by atoms with Gasteiger partial charge in [-0.25, -0.2) is 4.39 Å². The first-order valence-electron chi connectivity index (χ1n) is 3.88. The number of aryl methyl sites for hydroxylation is 1. The van der Waals surface area contributed by atoms with Crippen LogP contribution >= 0.6 is 15.9 Å². The fourth-order valence-corrected chi connectivity index (χ4v) is 1.74. The molecular weight excluding hydrogens is 233 g/mol. The molecule has 3 heteroatoms. The highest BCUT2D eigenvalue weighted by molar-refractivity contribution is 9.10. The van der Waals surface area contributed by atoms with E-state index in [0.717, 1.165) is 15.6 Å². The lowest BCUT2D eigenvalue weighted by molar-refractivity contribution is 0.638. The summed E-state index contributed by atoms with van der Waals surface area (Å²) in [5.41, 5.74) is 0.894. The van der Waals surface area contributed by atoms with Gasteiger partial charge in [0, 0.05) is 21.7 Å². The zero-order valence-corrected chi connectivity index (χ0v) is 8.60. The summed E-state index contributed by atoms with van der Waals surface area (Å²) in [6, 6.07) is 5.19. The van der Waals surface area contributed by atoms with E-state index in [-0.39, 0.29) is 5.82 Å². The number of benzene rings is 1. The van der Waals surface area contributed by atoms with E-state index >= 15 is 0 Å². The average molecular weight is 240 g/mol. The van der Waals surface area contributed by atoms with E-state index in [9.17, 15) is 4.39 Å². The Balaban J connectivity index is 2.86. The number of aromatic nitrogens is 1. The zero-order chi connectivity index (χ0) is 9.42. The highest BCUT2D eigenvalue weighted by Crippen LogP contribution is 2.22. The van der Waals surface area contributed by atoms with Crippen LogP contribution in [0.4, 0.5) is 4.39 Å². The van der Waals surface area contributed by atoms with Gasteiger partial charge in [-0.05, 0) is 30.5 Å². The number of nitrogens with zero attached hydrogens (tertiary/aromatic N) is 1. The van der Waals surface area contributed by atoms with E-state index in [4.69, 9.17) is 0 Å². The van der Waals surface area contributed by atoms with Gasteiger partial charge >= 0.3 is 0 Å². The third-order valence-corrected chi connectivity index (χ3v) is 2.35. The third-order valence-electron chi connectivity index (χ3n) is 1.89. The van der Waals surface area contributed by atoms with Crippen molar-refractivity contribution in [1.82, 2.24) is 4.98 Å². The monoisotopic (exact) mass is 239 g/mol. The number of hydrogen-bond donors (Lipinski definition) is 0. The van der Waals surface area contributed by atoms with Gasteiger partial charge in [-0.15, -0.1) is 0 Å². The third kappa shape index (κ3) is 1.56. The standard InChI is InChI=1S/C10H7BrFN/c1-6-2-7-3-8(11)4-10(12)9(7)5-13-6/h2-5H,1H3. The Bertz CT molecular complexity index is 462. The summed E-state index contributed by atoms with van der Waals surface area (Å²) in [5, 5.41) is 1.44. The maximum Gasteiger partial charge on any atom is 0.133 e. The Kier molecular flexibility index (Phi) is 2.04. The molecule has 0 bridgehead atoms. The van der Waals surface area contributed by atoms with Crippen LogP contribution in [0, 0.1) is 12.7 Å². The molecule has 0 saturated carbocycles. The Morgan fingerprint density at radius 3 is 2.85 bits per heavy atom. The van der Waals surface area contributed by atoms with Gasteiger partial charge in [0.05, 0.1) is 0 Å². The lowest BCUT2D eigenvalue weighted by Crippen LogP contribution is -1.85. The van der Waals surface area contributed by atoms with E-state index in [1.54, 1.807) is 6.20 Å². The first-order valence-corrected chi connectivity index (χ1v) is 4.67. The van der Waals surface area contributed by atoms with Crippen molar-refractivity contribution in [2.45, 2.75) is 6.92 Å². The molecule has 1 nitrogen and oxygen atoms in total. The van der Waals surface area contributed by atoms with Gasteiger partial charge in [-0.2, -0.15) is 0 Å². The van der Waals surface area contributed by atoms with Gasteiger partial charge in [-0.3, -0.25) is 4.98 Å². The summed E-state index contributed by atoms with van der Waals surface area (Å²) in [6.07, 6.45) is 1.56. The maximum atomic E-state index is 13.3. The second-order valence-corrected chi connectivity index (χ2v) is 3.85. The first-order chi connectivity index (χ1) is 6.16. The molecule has 0 N–H and O–H groups in total. The summed E-state index contributed by atoms with van der Waals surface area (Å²) < 4.78 is 14.1. The summed E-state index contributed by atoms with van der Waals surface area (Å²) >= 11 is 3.25. The van der Waals surface area contributed by atoms with E-state index < -0.39 is 0 Å². The van der Waals surface area contributed by atoms with E-state index in [2.05, 4.69) is 20.9 Å². The van der Waals surface area contributed by atoms with Gasteiger partial charge in [-0.1, -0.05) is 15.9 Å². The molecule has 0 aliphatic rings. The van der Waals surface area contributed by atoms with Gasteiger partial charge in [0.25, 0.3) is 0 Å². The highest BCUT2D eigenvalue weighted by atomic mass is 79.9. The molecule has 13 heavy (non-hydrogen) atoms. The van der Waals surface area contributed by atoms with Crippen molar-refractivity contribution in [3.05, 3.63) is 40.4 Å². The number of fused-ring (bicyclic) bond motifs is 1. The van der Waals surface area contributed by atoms with Crippen LogP contribution < -0.4 is 0 Å². The molecule has 2 rings (SSSR count). The van der Waals surface area contributed by atoms with Crippen molar-refractivity contribution < 1.29 is 4.39 Å². The molecule has 0 fully saturated rings. The van der Waals surface area contributed by atoms with Crippen molar-refractivity contribution in [2.24, 2.45) is 0 Å². The molecule has 1 heterocycles. The minimum absolute atomic E-state index is 0.239. The Labute approximate surface area is 83.7 Å². The summed E-state index contributed by atoms with van der Waals surface area (Å²) in [5.74, 6) is -0.239. The lowest BCUT2D eigenvalue weighted by atomic mass is 10.1. The van der Waals surface area contributed by atoms with E-state index in [0.29, 0.717) is 5.39 Å². The summed E-state index contributed by atoms with van der Waals surface area (Å²) in [4.78, 5) is 4.04. The number of rotatable bonds is 0. The van der Waals surface area contributed by atoms with E-state index in [1.807, 2.05) is 19.1 Å². The van der Waals surface area contributed by atoms with Crippen LogP contribution in [0.25, 0.3) is 10.8 Å². The number of pyridine rings is 1. The molecule has 0 aliphatic heterocycles. The van der Waals surface area contributed by atoms with Crippen molar-refractivity contribution in [1.29, 1.82) is 0 Å². The molecule has 1 aromatic carbocycles. The zero-order valence-electron chi connectivity index (χ0n) is 7.01. The van der Waals surface area contributed by atoms with Crippen LogP contribution in [-0.2, 0) is 0 Å². The fraction of sp³-hybridized carbons (Fsp3) is 0.100. The van der Waals surface area contributed by atoms with Crippen LogP contribution in [0.15, 0.2) is 28.9 Å². The Morgan fingerprint density at radius 2 is 2.08 bits per heavy atom. The predicted molar refractivity (Wildman–Crippen MR) is 54.1 cm³/mol. The van der Waals surface area contributed by atoms with Crippen molar-refractivity contribution in [2.75, 3.05) is 0 Å². The molecule has 0 atom stereocenters.